The third-order valence-corrected chi connectivity index (χ3v) is 7.45. The van der Waals surface area contributed by atoms with Crippen LogP contribution >= 0.6 is 0 Å². The van der Waals surface area contributed by atoms with Gasteiger partial charge in [-0.3, -0.25) is 15.6 Å². The number of fused-ring (bicyclic) bond motifs is 1. The Kier molecular flexibility index (Phi) is 6.90. The number of urea groups is 1. The van der Waals surface area contributed by atoms with Crippen molar-refractivity contribution in [1.82, 2.24) is 19.7 Å². The molecule has 194 valence electrons. The molecule has 1 atom stereocenters. The highest BCUT2D eigenvalue weighted by molar-refractivity contribution is 6.08. The molecular weight excluding hydrogens is 473 g/mol. The zero-order chi connectivity index (χ0) is 26.1. The summed E-state index contributed by atoms with van der Waals surface area (Å²) in [4.78, 5) is 35.7. The zero-order valence-corrected chi connectivity index (χ0v) is 21.0. The minimum atomic E-state index is -0.641. The number of carbonyl (C=O) groups excluding carboxylic acids is 2. The summed E-state index contributed by atoms with van der Waals surface area (Å²) in [5, 5.41) is 19.3. The van der Waals surface area contributed by atoms with Gasteiger partial charge in [0.05, 0.1) is 5.56 Å². The predicted octanol–water partition coefficient (Wildman–Crippen LogP) is 4.22. The highest BCUT2D eigenvalue weighted by Crippen LogP contribution is 2.25. The van der Waals surface area contributed by atoms with Crippen molar-refractivity contribution < 1.29 is 14.0 Å². The van der Waals surface area contributed by atoms with Crippen LogP contribution in [0, 0.1) is 16.6 Å². The first kappa shape index (κ1) is 24.9. The second kappa shape index (κ2) is 10.3. The average molecular weight is 506 g/mol. The summed E-state index contributed by atoms with van der Waals surface area (Å²) in [7, 11) is 0. The number of halogens is 1. The maximum atomic E-state index is 14.9. The lowest BCUT2D eigenvalue weighted by Crippen LogP contribution is -2.47. The SMILES string of the molecule is CC1CCC(=N)N1C(=N)c1cccc(NC(=O)c2cc3c(cc2F)CCN(C(=O)N2CCCCC2)C3)n1. The van der Waals surface area contributed by atoms with Gasteiger partial charge in [-0.1, -0.05) is 6.07 Å². The van der Waals surface area contributed by atoms with Crippen LogP contribution in [-0.4, -0.2) is 69.0 Å². The van der Waals surface area contributed by atoms with Gasteiger partial charge in [0.2, 0.25) is 0 Å². The molecule has 3 aliphatic rings. The molecule has 3 amide bonds. The number of rotatable bonds is 3. The number of pyridine rings is 1. The largest absolute Gasteiger partial charge is 0.325 e. The minimum Gasteiger partial charge on any atom is -0.325 e. The third kappa shape index (κ3) is 5.05. The van der Waals surface area contributed by atoms with Gasteiger partial charge in [-0.25, -0.2) is 14.2 Å². The van der Waals surface area contributed by atoms with Gasteiger partial charge in [-0.05, 0) is 74.4 Å². The molecule has 0 radical (unpaired) electrons. The molecular formula is C27H32FN7O2. The molecule has 1 aromatic heterocycles. The Morgan fingerprint density at radius 3 is 2.57 bits per heavy atom. The van der Waals surface area contributed by atoms with Crippen molar-refractivity contribution in [2.75, 3.05) is 25.0 Å². The number of amides is 3. The highest BCUT2D eigenvalue weighted by atomic mass is 19.1. The lowest BCUT2D eigenvalue weighted by atomic mass is 9.96. The van der Waals surface area contributed by atoms with Gasteiger partial charge in [-0.2, -0.15) is 0 Å². The summed E-state index contributed by atoms with van der Waals surface area (Å²) in [6.45, 7) is 4.36. The van der Waals surface area contributed by atoms with Crippen LogP contribution in [-0.2, 0) is 13.0 Å². The summed E-state index contributed by atoms with van der Waals surface area (Å²) >= 11 is 0. The summed E-state index contributed by atoms with van der Waals surface area (Å²) in [5.41, 5.74) is 1.80. The molecule has 3 aliphatic heterocycles. The van der Waals surface area contributed by atoms with Crippen LogP contribution in [0.25, 0.3) is 0 Å². The van der Waals surface area contributed by atoms with E-state index in [1.807, 2.05) is 11.8 Å². The Morgan fingerprint density at radius 1 is 1.05 bits per heavy atom. The van der Waals surface area contributed by atoms with E-state index in [-0.39, 0.29) is 29.3 Å². The quantitative estimate of drug-likeness (QED) is 0.428. The Labute approximate surface area is 215 Å². The molecule has 4 heterocycles. The first-order chi connectivity index (χ1) is 17.8. The van der Waals surface area contributed by atoms with Crippen molar-refractivity contribution in [3.8, 4) is 0 Å². The smallest absolute Gasteiger partial charge is 0.320 e. The standard InChI is InChI=1S/C27H32FN7O2/c1-17-8-9-23(29)35(17)25(30)22-6-5-7-24(31-22)32-26(36)20-14-19-16-34(13-10-18(19)15-21(20)28)27(37)33-11-3-2-4-12-33/h5-7,14-15,17,29-30H,2-4,8-13,16H2,1H3,(H,31,32,36). The predicted molar refractivity (Wildman–Crippen MR) is 139 cm³/mol. The average Bonchev–Trinajstić information content (AvgIpc) is 3.25. The van der Waals surface area contributed by atoms with Gasteiger partial charge in [0, 0.05) is 38.6 Å². The lowest BCUT2D eigenvalue weighted by molar-refractivity contribution is 0.102. The van der Waals surface area contributed by atoms with E-state index in [1.54, 1.807) is 28.0 Å². The number of hydrogen-bond acceptors (Lipinski definition) is 5. The first-order valence-electron chi connectivity index (χ1n) is 12.9. The Hall–Kier alpha value is -3.82. The van der Waals surface area contributed by atoms with Crippen LogP contribution in [0.5, 0.6) is 0 Å². The molecule has 2 saturated heterocycles. The van der Waals surface area contributed by atoms with E-state index < -0.39 is 11.7 Å². The fourth-order valence-corrected chi connectivity index (χ4v) is 5.36. The van der Waals surface area contributed by atoms with Crippen molar-refractivity contribution >= 4 is 29.4 Å². The number of likely N-dealkylation sites (tertiary alicyclic amines) is 2. The van der Waals surface area contributed by atoms with Gasteiger partial charge < -0.3 is 20.0 Å². The Bertz CT molecular complexity index is 1260. The van der Waals surface area contributed by atoms with Crippen molar-refractivity contribution in [3.63, 3.8) is 0 Å². The maximum absolute atomic E-state index is 14.9. The van der Waals surface area contributed by atoms with Crippen LogP contribution in [0.15, 0.2) is 30.3 Å². The number of nitrogens with zero attached hydrogens (tertiary/aromatic N) is 4. The van der Waals surface area contributed by atoms with E-state index in [0.29, 0.717) is 37.5 Å². The van der Waals surface area contributed by atoms with Crippen LogP contribution in [0.2, 0.25) is 0 Å². The molecule has 3 N–H and O–H groups in total. The van der Waals surface area contributed by atoms with Crippen LogP contribution in [0.3, 0.4) is 0 Å². The Morgan fingerprint density at radius 2 is 1.84 bits per heavy atom. The summed E-state index contributed by atoms with van der Waals surface area (Å²) in [5.74, 6) is -0.583. The fraction of sp³-hybridized carbons (Fsp3) is 0.444. The minimum absolute atomic E-state index is 0.00421. The number of amidine groups is 2. The lowest BCUT2D eigenvalue weighted by Gasteiger charge is -2.35. The van der Waals surface area contributed by atoms with Crippen molar-refractivity contribution in [3.05, 3.63) is 58.5 Å². The van der Waals surface area contributed by atoms with E-state index >= 15 is 0 Å². The summed E-state index contributed by atoms with van der Waals surface area (Å²) in [6, 6.07) is 7.88. The van der Waals surface area contributed by atoms with E-state index in [4.69, 9.17) is 10.8 Å². The van der Waals surface area contributed by atoms with E-state index in [9.17, 15) is 14.0 Å². The molecule has 0 bridgehead atoms. The van der Waals surface area contributed by atoms with Crippen molar-refractivity contribution in [2.24, 2.45) is 0 Å². The molecule has 0 aliphatic carbocycles. The number of benzene rings is 1. The summed E-state index contributed by atoms with van der Waals surface area (Å²) < 4.78 is 14.9. The molecule has 0 saturated carbocycles. The van der Waals surface area contributed by atoms with Crippen LogP contribution < -0.4 is 5.32 Å². The number of nitrogens with one attached hydrogen (secondary N) is 3. The fourth-order valence-electron chi connectivity index (χ4n) is 5.36. The molecule has 5 rings (SSSR count). The number of piperidine rings is 1. The van der Waals surface area contributed by atoms with Gasteiger partial charge in [0.15, 0.2) is 5.84 Å². The molecule has 2 aromatic rings. The number of hydrogen-bond donors (Lipinski definition) is 3. The van der Waals surface area contributed by atoms with Crippen LogP contribution in [0.4, 0.5) is 15.0 Å². The molecule has 10 heteroatoms. The van der Waals surface area contributed by atoms with Gasteiger partial charge in [0.25, 0.3) is 5.91 Å². The van der Waals surface area contributed by atoms with Crippen LogP contribution in [0.1, 0.15) is 66.2 Å². The normalized spacial score (nSPS) is 19.6. The maximum Gasteiger partial charge on any atom is 0.320 e. The molecule has 2 fully saturated rings. The van der Waals surface area contributed by atoms with Gasteiger partial charge in [-0.15, -0.1) is 0 Å². The highest BCUT2D eigenvalue weighted by Gasteiger charge is 2.30. The van der Waals surface area contributed by atoms with Gasteiger partial charge in [0.1, 0.15) is 23.2 Å². The Balaban J connectivity index is 1.31. The number of anilines is 1. The second-order valence-electron chi connectivity index (χ2n) is 10.0. The van der Waals surface area contributed by atoms with Crippen molar-refractivity contribution in [1.29, 1.82) is 10.8 Å². The number of aromatic nitrogens is 1. The molecule has 0 spiro atoms. The molecule has 1 unspecified atom stereocenters. The second-order valence-corrected chi connectivity index (χ2v) is 10.0. The van der Waals surface area contributed by atoms with E-state index in [2.05, 4.69) is 10.3 Å². The molecule has 9 nitrogen and oxygen atoms in total. The monoisotopic (exact) mass is 505 g/mol. The van der Waals surface area contributed by atoms with Crippen molar-refractivity contribution in [2.45, 2.75) is 58.0 Å². The third-order valence-electron chi connectivity index (χ3n) is 7.45. The van der Waals surface area contributed by atoms with E-state index in [1.165, 1.54) is 12.1 Å². The molecule has 1 aromatic carbocycles. The topological polar surface area (TPSA) is 116 Å². The number of carbonyl (C=O) groups is 2. The zero-order valence-electron chi connectivity index (χ0n) is 21.0. The van der Waals surface area contributed by atoms with E-state index in [0.717, 1.165) is 49.9 Å². The summed E-state index contributed by atoms with van der Waals surface area (Å²) in [6.07, 6.45) is 5.13. The van der Waals surface area contributed by atoms with Gasteiger partial charge >= 0.3 is 6.03 Å². The molecule has 37 heavy (non-hydrogen) atoms. The first-order valence-corrected chi connectivity index (χ1v) is 12.9.